The maximum atomic E-state index is 12.3. The summed E-state index contributed by atoms with van der Waals surface area (Å²) in [7, 11) is 0. The van der Waals surface area contributed by atoms with Gasteiger partial charge in [0.2, 0.25) is 0 Å². The van der Waals surface area contributed by atoms with Crippen LogP contribution in [0.5, 0.6) is 5.75 Å². The fourth-order valence-electron chi connectivity index (χ4n) is 1.95. The zero-order valence-corrected chi connectivity index (χ0v) is 12.3. The Hall–Kier alpha value is -3.16. The predicted octanol–water partition coefficient (Wildman–Crippen LogP) is 0.761. The molecule has 0 saturated heterocycles. The number of nitrogens with one attached hydrogen (secondary N) is 2. The molecule has 120 valence electrons. The Labute approximate surface area is 131 Å². The van der Waals surface area contributed by atoms with Crippen molar-refractivity contribution in [3.8, 4) is 5.75 Å². The summed E-state index contributed by atoms with van der Waals surface area (Å²) in [5.41, 5.74) is 0.657. The van der Waals surface area contributed by atoms with Crippen LogP contribution in [0.1, 0.15) is 23.0 Å². The third-order valence-electron chi connectivity index (χ3n) is 2.97. The van der Waals surface area contributed by atoms with Crippen molar-refractivity contribution >= 4 is 17.8 Å². The number of carboxylic acids is 1. The van der Waals surface area contributed by atoms with Gasteiger partial charge < -0.3 is 20.1 Å². The fourth-order valence-corrected chi connectivity index (χ4v) is 1.95. The van der Waals surface area contributed by atoms with Crippen LogP contribution in [0.15, 0.2) is 36.8 Å². The highest BCUT2D eigenvalue weighted by atomic mass is 16.5. The molecular weight excluding hydrogens is 302 g/mol. The standard InChI is InChI=1S/C15H15N3O5/c1-9(19)23-13-5-3-2-4-11(13)14(20)18-12(15(21)22)6-10-7-16-8-17-10/h2-5,7-8,12H,6H2,1H3,(H,16,17)(H,18,20)(H,21,22). The molecule has 2 rings (SSSR count). The van der Waals surface area contributed by atoms with Crippen LogP contribution in [0.3, 0.4) is 0 Å². The molecule has 0 aliphatic rings. The minimum Gasteiger partial charge on any atom is -0.480 e. The maximum absolute atomic E-state index is 12.3. The Morgan fingerprint density at radius 1 is 1.35 bits per heavy atom. The third-order valence-corrected chi connectivity index (χ3v) is 2.97. The molecule has 0 spiro atoms. The first kappa shape index (κ1) is 16.2. The average Bonchev–Trinajstić information content (AvgIpc) is 2.99. The first-order valence-electron chi connectivity index (χ1n) is 6.75. The molecule has 1 aromatic carbocycles. The van der Waals surface area contributed by atoms with Crippen LogP contribution in [-0.2, 0) is 16.0 Å². The van der Waals surface area contributed by atoms with Gasteiger partial charge in [-0.05, 0) is 12.1 Å². The van der Waals surface area contributed by atoms with E-state index in [4.69, 9.17) is 4.74 Å². The highest BCUT2D eigenvalue weighted by Crippen LogP contribution is 2.18. The highest BCUT2D eigenvalue weighted by Gasteiger charge is 2.23. The highest BCUT2D eigenvalue weighted by molar-refractivity contribution is 5.99. The Morgan fingerprint density at radius 3 is 2.70 bits per heavy atom. The zero-order valence-electron chi connectivity index (χ0n) is 12.3. The van der Waals surface area contributed by atoms with E-state index in [1.54, 1.807) is 12.1 Å². The number of benzene rings is 1. The number of rotatable bonds is 6. The lowest BCUT2D eigenvalue weighted by Gasteiger charge is -2.15. The molecule has 1 heterocycles. The molecule has 0 aliphatic carbocycles. The van der Waals surface area contributed by atoms with Crippen molar-refractivity contribution in [3.63, 3.8) is 0 Å². The van der Waals surface area contributed by atoms with E-state index in [-0.39, 0.29) is 17.7 Å². The third kappa shape index (κ3) is 4.40. The monoisotopic (exact) mass is 317 g/mol. The van der Waals surface area contributed by atoms with Crippen molar-refractivity contribution in [2.75, 3.05) is 0 Å². The first-order valence-corrected chi connectivity index (χ1v) is 6.75. The van der Waals surface area contributed by atoms with Crippen molar-refractivity contribution in [1.29, 1.82) is 0 Å². The number of aromatic amines is 1. The Balaban J connectivity index is 2.16. The van der Waals surface area contributed by atoms with E-state index >= 15 is 0 Å². The van der Waals surface area contributed by atoms with Gasteiger partial charge in [0.25, 0.3) is 5.91 Å². The van der Waals surface area contributed by atoms with Gasteiger partial charge in [-0.15, -0.1) is 0 Å². The predicted molar refractivity (Wildman–Crippen MR) is 78.9 cm³/mol. The minimum absolute atomic E-state index is 0.0524. The normalized spacial score (nSPS) is 11.5. The van der Waals surface area contributed by atoms with Crippen LogP contribution < -0.4 is 10.1 Å². The summed E-state index contributed by atoms with van der Waals surface area (Å²) >= 11 is 0. The van der Waals surface area contributed by atoms with Gasteiger partial charge in [-0.1, -0.05) is 12.1 Å². The number of imidazole rings is 1. The largest absolute Gasteiger partial charge is 0.480 e. The molecule has 23 heavy (non-hydrogen) atoms. The minimum atomic E-state index is -1.18. The number of ether oxygens (including phenoxy) is 1. The summed E-state index contributed by atoms with van der Waals surface area (Å²) in [6.07, 6.45) is 2.96. The fraction of sp³-hybridized carbons (Fsp3) is 0.200. The first-order chi connectivity index (χ1) is 11.0. The number of hydrogen-bond acceptors (Lipinski definition) is 5. The van der Waals surface area contributed by atoms with Gasteiger partial charge in [-0.3, -0.25) is 9.59 Å². The van der Waals surface area contributed by atoms with Gasteiger partial charge >= 0.3 is 11.9 Å². The number of amides is 1. The number of aliphatic carboxylic acids is 1. The van der Waals surface area contributed by atoms with Crippen molar-refractivity contribution in [2.45, 2.75) is 19.4 Å². The molecule has 1 amide bonds. The summed E-state index contributed by atoms with van der Waals surface area (Å²) in [6, 6.07) is 4.96. The smallest absolute Gasteiger partial charge is 0.326 e. The number of hydrogen-bond donors (Lipinski definition) is 3. The van der Waals surface area contributed by atoms with E-state index in [1.807, 2.05) is 0 Å². The van der Waals surface area contributed by atoms with Crippen molar-refractivity contribution in [1.82, 2.24) is 15.3 Å². The number of carboxylic acid groups (broad SMARTS) is 1. The number of aromatic nitrogens is 2. The topological polar surface area (TPSA) is 121 Å². The molecule has 8 heteroatoms. The second-order valence-electron chi connectivity index (χ2n) is 4.74. The zero-order chi connectivity index (χ0) is 16.8. The summed E-state index contributed by atoms with van der Waals surface area (Å²) in [6.45, 7) is 1.22. The molecule has 0 aliphatic heterocycles. The van der Waals surface area contributed by atoms with E-state index in [2.05, 4.69) is 15.3 Å². The molecule has 0 saturated carbocycles. The molecule has 1 aromatic heterocycles. The lowest BCUT2D eigenvalue weighted by Crippen LogP contribution is -2.42. The maximum Gasteiger partial charge on any atom is 0.326 e. The van der Waals surface area contributed by atoms with Gasteiger partial charge in [0.1, 0.15) is 11.8 Å². The average molecular weight is 317 g/mol. The van der Waals surface area contributed by atoms with E-state index < -0.39 is 23.9 Å². The van der Waals surface area contributed by atoms with E-state index in [0.29, 0.717) is 5.69 Å². The molecule has 8 nitrogen and oxygen atoms in total. The lowest BCUT2D eigenvalue weighted by atomic mass is 10.1. The van der Waals surface area contributed by atoms with E-state index in [1.165, 1.54) is 31.6 Å². The molecule has 0 bridgehead atoms. The molecule has 0 fully saturated rings. The van der Waals surface area contributed by atoms with Crippen LogP contribution >= 0.6 is 0 Å². The molecule has 1 atom stereocenters. The quantitative estimate of drug-likeness (QED) is 0.534. The number of carbonyl (C=O) groups is 3. The second kappa shape index (κ2) is 7.21. The molecule has 0 radical (unpaired) electrons. The van der Waals surface area contributed by atoms with Crippen molar-refractivity contribution in [3.05, 3.63) is 48.0 Å². The van der Waals surface area contributed by atoms with Gasteiger partial charge in [0.15, 0.2) is 0 Å². The van der Waals surface area contributed by atoms with Crippen LogP contribution in [-0.4, -0.2) is 39.0 Å². The number of esters is 1. The molecule has 3 N–H and O–H groups in total. The van der Waals surface area contributed by atoms with Gasteiger partial charge in [-0.2, -0.15) is 0 Å². The Morgan fingerprint density at radius 2 is 2.09 bits per heavy atom. The number of nitrogens with zero attached hydrogens (tertiary/aromatic N) is 1. The van der Waals surface area contributed by atoms with Gasteiger partial charge in [0.05, 0.1) is 11.9 Å². The molecular formula is C15H15N3O5. The summed E-state index contributed by atoms with van der Waals surface area (Å²) in [5, 5.41) is 11.7. The van der Waals surface area contributed by atoms with Crippen LogP contribution in [0.4, 0.5) is 0 Å². The SMILES string of the molecule is CC(=O)Oc1ccccc1C(=O)NC(Cc1cnc[nH]1)C(=O)O. The van der Waals surface area contributed by atoms with E-state index in [9.17, 15) is 19.5 Å². The Bertz CT molecular complexity index is 712. The molecule has 1 unspecified atom stereocenters. The van der Waals surface area contributed by atoms with Crippen molar-refractivity contribution < 1.29 is 24.2 Å². The van der Waals surface area contributed by atoms with Crippen LogP contribution in [0.25, 0.3) is 0 Å². The van der Waals surface area contributed by atoms with Crippen LogP contribution in [0.2, 0.25) is 0 Å². The summed E-state index contributed by atoms with van der Waals surface area (Å²) < 4.78 is 4.95. The Kier molecular flexibility index (Phi) is 5.08. The summed E-state index contributed by atoms with van der Waals surface area (Å²) in [5.74, 6) is -2.33. The lowest BCUT2D eigenvalue weighted by molar-refractivity contribution is -0.139. The van der Waals surface area contributed by atoms with E-state index in [0.717, 1.165) is 0 Å². The molecule has 2 aromatic rings. The van der Waals surface area contributed by atoms with Crippen molar-refractivity contribution in [2.24, 2.45) is 0 Å². The van der Waals surface area contributed by atoms with Gasteiger partial charge in [0, 0.05) is 25.2 Å². The summed E-state index contributed by atoms with van der Waals surface area (Å²) in [4.78, 5) is 41.3. The van der Waals surface area contributed by atoms with Crippen LogP contribution in [0, 0.1) is 0 Å². The number of H-pyrrole nitrogens is 1. The number of para-hydroxylation sites is 1. The second-order valence-corrected chi connectivity index (χ2v) is 4.74. The van der Waals surface area contributed by atoms with Gasteiger partial charge in [-0.25, -0.2) is 9.78 Å². The number of carbonyl (C=O) groups excluding carboxylic acids is 2.